The minimum absolute atomic E-state index is 0.187. The van der Waals surface area contributed by atoms with Gasteiger partial charge in [0.2, 0.25) is 5.91 Å². The van der Waals surface area contributed by atoms with Crippen LogP contribution in [0.2, 0.25) is 0 Å². The molecular formula is C16H22N4O2S. The van der Waals surface area contributed by atoms with E-state index in [1.807, 2.05) is 28.5 Å². The average Bonchev–Trinajstić information content (AvgIpc) is 3.21. The molecule has 23 heavy (non-hydrogen) atoms. The number of carbonyl (C=O) groups is 1. The number of nitrogens with zero attached hydrogens (tertiary/aromatic N) is 4. The van der Waals surface area contributed by atoms with Gasteiger partial charge in [0.1, 0.15) is 0 Å². The van der Waals surface area contributed by atoms with E-state index in [-0.39, 0.29) is 5.91 Å². The Hall–Kier alpha value is -1.76. The fraction of sp³-hybridized carbons (Fsp3) is 0.562. The van der Waals surface area contributed by atoms with Crippen LogP contribution < -0.4 is 0 Å². The summed E-state index contributed by atoms with van der Waals surface area (Å²) in [4.78, 5) is 14.4. The van der Waals surface area contributed by atoms with E-state index in [4.69, 9.17) is 4.42 Å². The van der Waals surface area contributed by atoms with E-state index in [1.165, 1.54) is 18.2 Å². The van der Waals surface area contributed by atoms with Crippen LogP contribution in [0.15, 0.2) is 28.0 Å². The molecule has 1 fully saturated rings. The molecule has 1 atom stereocenters. The van der Waals surface area contributed by atoms with Gasteiger partial charge in [0.15, 0.2) is 16.7 Å². The van der Waals surface area contributed by atoms with Crippen LogP contribution in [0.3, 0.4) is 0 Å². The molecule has 2 aromatic heterocycles. The Labute approximate surface area is 140 Å². The minimum Gasteiger partial charge on any atom is -0.461 e. The number of hydrogen-bond donors (Lipinski definition) is 0. The minimum atomic E-state index is 0.187. The molecule has 0 N–H and O–H groups in total. The molecule has 0 unspecified atom stereocenters. The van der Waals surface area contributed by atoms with Gasteiger partial charge in [-0.2, -0.15) is 0 Å². The van der Waals surface area contributed by atoms with Gasteiger partial charge in [0.05, 0.1) is 12.0 Å². The Bertz CT molecular complexity index is 653. The van der Waals surface area contributed by atoms with Crippen molar-refractivity contribution in [3.8, 4) is 11.6 Å². The van der Waals surface area contributed by atoms with Gasteiger partial charge in [-0.1, -0.05) is 11.8 Å². The third-order valence-corrected chi connectivity index (χ3v) is 5.17. The first-order valence-electron chi connectivity index (χ1n) is 8.10. The summed E-state index contributed by atoms with van der Waals surface area (Å²) in [5, 5.41) is 9.19. The van der Waals surface area contributed by atoms with E-state index in [2.05, 4.69) is 17.1 Å². The van der Waals surface area contributed by atoms with E-state index in [9.17, 15) is 4.79 Å². The lowest BCUT2D eigenvalue weighted by molar-refractivity contribution is -0.131. The largest absolute Gasteiger partial charge is 0.461 e. The van der Waals surface area contributed by atoms with Crippen LogP contribution in [0, 0.1) is 0 Å². The van der Waals surface area contributed by atoms with Crippen molar-refractivity contribution < 1.29 is 9.21 Å². The zero-order chi connectivity index (χ0) is 16.2. The molecule has 1 saturated heterocycles. The first kappa shape index (κ1) is 16.1. The zero-order valence-electron chi connectivity index (χ0n) is 13.6. The van der Waals surface area contributed by atoms with Crippen molar-refractivity contribution in [2.24, 2.45) is 0 Å². The first-order chi connectivity index (χ1) is 11.2. The highest BCUT2D eigenvalue weighted by Crippen LogP contribution is 2.25. The Morgan fingerprint density at radius 2 is 2.30 bits per heavy atom. The maximum absolute atomic E-state index is 12.4. The predicted octanol–water partition coefficient (Wildman–Crippen LogP) is 3.05. The van der Waals surface area contributed by atoms with Gasteiger partial charge >= 0.3 is 0 Å². The molecule has 1 amide bonds. The summed E-state index contributed by atoms with van der Waals surface area (Å²) in [7, 11) is 0. The Kier molecular flexibility index (Phi) is 5.05. The second kappa shape index (κ2) is 7.21. The number of hydrogen-bond acceptors (Lipinski definition) is 5. The zero-order valence-corrected chi connectivity index (χ0v) is 14.4. The number of piperidine rings is 1. The number of rotatable bonds is 5. The molecule has 0 bridgehead atoms. The van der Waals surface area contributed by atoms with Crippen molar-refractivity contribution in [3.05, 3.63) is 18.4 Å². The van der Waals surface area contributed by atoms with Gasteiger partial charge in [0.25, 0.3) is 0 Å². The van der Waals surface area contributed by atoms with Crippen molar-refractivity contribution in [1.82, 2.24) is 19.7 Å². The number of thioether (sulfide) groups is 1. The molecule has 0 spiro atoms. The van der Waals surface area contributed by atoms with Gasteiger partial charge in [-0.05, 0) is 45.2 Å². The Balaban J connectivity index is 1.67. The molecule has 6 nitrogen and oxygen atoms in total. The van der Waals surface area contributed by atoms with E-state index >= 15 is 0 Å². The molecule has 3 rings (SSSR count). The second-order valence-electron chi connectivity index (χ2n) is 5.75. The summed E-state index contributed by atoms with van der Waals surface area (Å²) < 4.78 is 7.38. The van der Waals surface area contributed by atoms with Crippen LogP contribution in [0.5, 0.6) is 0 Å². The number of carbonyl (C=O) groups excluding carboxylic acids is 1. The van der Waals surface area contributed by atoms with Gasteiger partial charge in [0, 0.05) is 19.1 Å². The Morgan fingerprint density at radius 1 is 1.43 bits per heavy atom. The lowest BCUT2D eigenvalue weighted by atomic mass is 10.0. The summed E-state index contributed by atoms with van der Waals surface area (Å²) in [6, 6.07) is 4.04. The van der Waals surface area contributed by atoms with Gasteiger partial charge in [-0.3, -0.25) is 9.36 Å². The average molecular weight is 334 g/mol. The fourth-order valence-electron chi connectivity index (χ4n) is 2.95. The van der Waals surface area contributed by atoms with Crippen LogP contribution in [-0.4, -0.2) is 43.9 Å². The smallest absolute Gasteiger partial charge is 0.233 e. The number of likely N-dealkylation sites (tertiary alicyclic amines) is 1. The number of amides is 1. The summed E-state index contributed by atoms with van der Waals surface area (Å²) in [5.74, 6) is 1.99. The van der Waals surface area contributed by atoms with Crippen molar-refractivity contribution in [3.63, 3.8) is 0 Å². The van der Waals surface area contributed by atoms with E-state index < -0.39 is 0 Å². The standard InChI is InChI=1S/C16H22N4O2S/c1-3-19-15(13-8-6-10-22-13)17-18-16(19)23-11-14(21)20-9-5-4-7-12(20)2/h6,8,10,12H,3-5,7,9,11H2,1-2H3/t12-/m0/s1. The second-order valence-corrected chi connectivity index (χ2v) is 6.69. The molecule has 0 aliphatic carbocycles. The van der Waals surface area contributed by atoms with Crippen molar-refractivity contribution in [2.75, 3.05) is 12.3 Å². The van der Waals surface area contributed by atoms with Crippen molar-refractivity contribution in [1.29, 1.82) is 0 Å². The van der Waals surface area contributed by atoms with Crippen LogP contribution in [0.4, 0.5) is 0 Å². The Morgan fingerprint density at radius 3 is 3.00 bits per heavy atom. The van der Waals surface area contributed by atoms with Crippen LogP contribution >= 0.6 is 11.8 Å². The lowest BCUT2D eigenvalue weighted by Gasteiger charge is -2.33. The summed E-state index contributed by atoms with van der Waals surface area (Å²) in [6.45, 7) is 5.78. The SMILES string of the molecule is CCn1c(SCC(=O)N2CCCC[C@@H]2C)nnc1-c1ccco1. The van der Waals surface area contributed by atoms with Crippen LogP contribution in [0.1, 0.15) is 33.1 Å². The maximum atomic E-state index is 12.4. The monoisotopic (exact) mass is 334 g/mol. The van der Waals surface area contributed by atoms with E-state index in [1.54, 1.807) is 6.26 Å². The van der Waals surface area contributed by atoms with Gasteiger partial charge in [-0.15, -0.1) is 10.2 Å². The summed E-state index contributed by atoms with van der Waals surface area (Å²) in [5.41, 5.74) is 0. The van der Waals surface area contributed by atoms with Crippen LogP contribution in [0.25, 0.3) is 11.6 Å². The van der Waals surface area contributed by atoms with Gasteiger partial charge < -0.3 is 9.32 Å². The highest BCUT2D eigenvalue weighted by molar-refractivity contribution is 7.99. The molecule has 1 aliphatic rings. The molecule has 1 aliphatic heterocycles. The highest BCUT2D eigenvalue weighted by atomic mass is 32.2. The quantitative estimate of drug-likeness (QED) is 0.786. The predicted molar refractivity (Wildman–Crippen MR) is 89.1 cm³/mol. The van der Waals surface area contributed by atoms with Crippen molar-refractivity contribution >= 4 is 17.7 Å². The third-order valence-electron chi connectivity index (χ3n) is 4.22. The van der Waals surface area contributed by atoms with E-state index in [0.29, 0.717) is 23.4 Å². The number of aromatic nitrogens is 3. The lowest BCUT2D eigenvalue weighted by Crippen LogP contribution is -2.43. The third kappa shape index (κ3) is 3.44. The molecule has 3 heterocycles. The van der Waals surface area contributed by atoms with Crippen molar-refractivity contribution in [2.45, 2.75) is 50.9 Å². The van der Waals surface area contributed by atoms with Gasteiger partial charge in [-0.25, -0.2) is 0 Å². The normalized spacial score (nSPS) is 18.3. The molecule has 0 radical (unpaired) electrons. The molecule has 124 valence electrons. The fourth-order valence-corrected chi connectivity index (χ4v) is 3.83. The van der Waals surface area contributed by atoms with Crippen LogP contribution in [-0.2, 0) is 11.3 Å². The maximum Gasteiger partial charge on any atom is 0.233 e. The molecule has 7 heteroatoms. The molecule has 0 saturated carbocycles. The highest BCUT2D eigenvalue weighted by Gasteiger charge is 2.24. The van der Waals surface area contributed by atoms with E-state index in [0.717, 1.165) is 31.1 Å². The summed E-state index contributed by atoms with van der Waals surface area (Å²) in [6.07, 6.45) is 5.05. The molecule has 2 aromatic rings. The first-order valence-corrected chi connectivity index (χ1v) is 9.08. The summed E-state index contributed by atoms with van der Waals surface area (Å²) >= 11 is 1.45. The molecular weight excluding hydrogens is 312 g/mol. The number of furan rings is 1. The topological polar surface area (TPSA) is 64.2 Å². The molecule has 0 aromatic carbocycles.